The molecule has 8 heteroatoms. The number of ether oxygens (including phenoxy) is 3. The number of hydrogen-bond acceptors (Lipinski definition) is 5. The Labute approximate surface area is 175 Å². The number of rotatable bonds is 9. The maximum Gasteiger partial charge on any atom is 0.279 e. The predicted octanol–water partition coefficient (Wildman–Crippen LogP) is 3.49. The third-order valence-corrected chi connectivity index (χ3v) is 3.89. The van der Waals surface area contributed by atoms with Crippen LogP contribution in [0, 0.1) is 11.7 Å². The molecule has 0 saturated carbocycles. The van der Waals surface area contributed by atoms with E-state index in [-0.39, 0.29) is 11.3 Å². The van der Waals surface area contributed by atoms with E-state index in [0.717, 1.165) is 0 Å². The van der Waals surface area contributed by atoms with Gasteiger partial charge in [0.1, 0.15) is 0 Å². The van der Waals surface area contributed by atoms with Crippen LogP contribution in [0.15, 0.2) is 42.5 Å². The Morgan fingerprint density at radius 1 is 0.967 bits per heavy atom. The largest absolute Gasteiger partial charge is 0.490 e. The van der Waals surface area contributed by atoms with E-state index in [1.165, 1.54) is 25.1 Å². The van der Waals surface area contributed by atoms with Gasteiger partial charge in [-0.2, -0.15) is 0 Å². The number of hydrazine groups is 1. The van der Waals surface area contributed by atoms with Crippen LogP contribution < -0.4 is 25.1 Å². The fourth-order valence-electron chi connectivity index (χ4n) is 2.37. The summed E-state index contributed by atoms with van der Waals surface area (Å²) in [6, 6.07) is 10.5. The molecule has 0 saturated heterocycles. The first kappa shape index (κ1) is 23.0. The third-order valence-electron chi connectivity index (χ3n) is 3.89. The first-order valence-electron chi connectivity index (χ1n) is 9.72. The summed E-state index contributed by atoms with van der Waals surface area (Å²) < 4.78 is 30.2. The Morgan fingerprint density at radius 3 is 2.37 bits per heavy atom. The molecule has 0 bridgehead atoms. The first-order valence-corrected chi connectivity index (χ1v) is 9.72. The minimum absolute atomic E-state index is 0.0511. The number of para-hydroxylation sites is 1. The van der Waals surface area contributed by atoms with Crippen molar-refractivity contribution < 1.29 is 28.2 Å². The van der Waals surface area contributed by atoms with E-state index in [2.05, 4.69) is 10.9 Å². The normalized spacial score (nSPS) is 11.5. The van der Waals surface area contributed by atoms with E-state index in [0.29, 0.717) is 30.6 Å². The van der Waals surface area contributed by atoms with Crippen LogP contribution in [0.5, 0.6) is 17.2 Å². The van der Waals surface area contributed by atoms with Crippen molar-refractivity contribution >= 4 is 11.8 Å². The van der Waals surface area contributed by atoms with Gasteiger partial charge in [0, 0.05) is 5.56 Å². The summed E-state index contributed by atoms with van der Waals surface area (Å²) >= 11 is 0. The van der Waals surface area contributed by atoms with Gasteiger partial charge in [0.15, 0.2) is 29.2 Å². The molecule has 2 aromatic rings. The molecule has 0 heterocycles. The van der Waals surface area contributed by atoms with E-state index in [1.54, 1.807) is 24.3 Å². The Hall–Kier alpha value is -3.29. The number of carbonyl (C=O) groups excluding carboxylic acids is 2. The van der Waals surface area contributed by atoms with Crippen molar-refractivity contribution in [2.75, 3.05) is 13.2 Å². The highest BCUT2D eigenvalue weighted by Gasteiger charge is 2.18. The molecule has 2 rings (SSSR count). The van der Waals surface area contributed by atoms with Crippen molar-refractivity contribution in [3.8, 4) is 17.2 Å². The van der Waals surface area contributed by atoms with Crippen molar-refractivity contribution in [1.29, 1.82) is 0 Å². The lowest BCUT2D eigenvalue weighted by Gasteiger charge is -2.16. The van der Waals surface area contributed by atoms with E-state index in [9.17, 15) is 14.0 Å². The average molecular weight is 418 g/mol. The molecule has 2 N–H and O–H groups in total. The molecule has 0 aliphatic rings. The second kappa shape index (κ2) is 11.0. The smallest absolute Gasteiger partial charge is 0.279 e. The van der Waals surface area contributed by atoms with Gasteiger partial charge in [0.2, 0.25) is 0 Å². The van der Waals surface area contributed by atoms with Crippen LogP contribution >= 0.6 is 0 Å². The Kier molecular flexibility index (Phi) is 8.46. The zero-order valence-electron chi connectivity index (χ0n) is 17.5. The molecule has 0 radical (unpaired) electrons. The summed E-state index contributed by atoms with van der Waals surface area (Å²) in [5.41, 5.74) is 4.86. The molecule has 2 amide bonds. The summed E-state index contributed by atoms with van der Waals surface area (Å²) in [5.74, 6) is -0.488. The van der Waals surface area contributed by atoms with E-state index >= 15 is 0 Å². The lowest BCUT2D eigenvalue weighted by molar-refractivity contribution is -0.128. The molecular weight excluding hydrogens is 391 g/mol. The number of hydrogen-bond donors (Lipinski definition) is 2. The first-order chi connectivity index (χ1) is 14.3. The zero-order valence-corrected chi connectivity index (χ0v) is 17.5. The topological polar surface area (TPSA) is 85.9 Å². The monoisotopic (exact) mass is 418 g/mol. The molecule has 162 valence electrons. The molecule has 0 unspecified atom stereocenters. The molecule has 30 heavy (non-hydrogen) atoms. The molecule has 0 spiro atoms. The molecular formula is C22H27FN2O5. The summed E-state index contributed by atoms with van der Waals surface area (Å²) in [4.78, 5) is 24.5. The van der Waals surface area contributed by atoms with E-state index < -0.39 is 23.7 Å². The van der Waals surface area contributed by atoms with Crippen molar-refractivity contribution in [2.45, 2.75) is 33.8 Å². The van der Waals surface area contributed by atoms with Crippen molar-refractivity contribution in [3.63, 3.8) is 0 Å². The number of halogens is 1. The van der Waals surface area contributed by atoms with E-state index in [1.807, 2.05) is 20.8 Å². The Bertz CT molecular complexity index is 872. The fourth-order valence-corrected chi connectivity index (χ4v) is 2.37. The van der Waals surface area contributed by atoms with Crippen LogP contribution in [0.4, 0.5) is 4.39 Å². The van der Waals surface area contributed by atoms with Crippen molar-refractivity contribution in [3.05, 3.63) is 53.8 Å². The molecule has 1 atom stereocenters. The summed E-state index contributed by atoms with van der Waals surface area (Å²) in [5, 5.41) is 0. The van der Waals surface area contributed by atoms with Gasteiger partial charge in [-0.05, 0) is 50.1 Å². The molecule has 0 aliphatic carbocycles. The van der Waals surface area contributed by atoms with Gasteiger partial charge in [0.05, 0.1) is 13.2 Å². The van der Waals surface area contributed by atoms with Gasteiger partial charge in [0.25, 0.3) is 11.8 Å². The van der Waals surface area contributed by atoms with Crippen LogP contribution in [-0.4, -0.2) is 31.1 Å². The number of amides is 2. The van der Waals surface area contributed by atoms with Crippen LogP contribution in [0.25, 0.3) is 0 Å². The van der Waals surface area contributed by atoms with Gasteiger partial charge in [-0.3, -0.25) is 20.4 Å². The third kappa shape index (κ3) is 6.65. The maximum absolute atomic E-state index is 13.6. The number of carbonyl (C=O) groups is 2. The highest BCUT2D eigenvalue weighted by atomic mass is 19.1. The van der Waals surface area contributed by atoms with Crippen LogP contribution in [-0.2, 0) is 4.79 Å². The van der Waals surface area contributed by atoms with Crippen LogP contribution in [0.1, 0.15) is 38.1 Å². The van der Waals surface area contributed by atoms with Gasteiger partial charge in [-0.25, -0.2) is 4.39 Å². The molecule has 2 aromatic carbocycles. The lowest BCUT2D eigenvalue weighted by Crippen LogP contribution is -2.47. The number of benzene rings is 2. The molecule has 0 aliphatic heterocycles. The second-order valence-corrected chi connectivity index (χ2v) is 6.93. The lowest BCUT2D eigenvalue weighted by atomic mass is 10.2. The second-order valence-electron chi connectivity index (χ2n) is 6.93. The summed E-state index contributed by atoms with van der Waals surface area (Å²) in [6.07, 6.45) is -1.02. The minimum atomic E-state index is -1.02. The predicted molar refractivity (Wildman–Crippen MR) is 110 cm³/mol. The van der Waals surface area contributed by atoms with Gasteiger partial charge in [-0.1, -0.05) is 26.0 Å². The summed E-state index contributed by atoms with van der Waals surface area (Å²) in [7, 11) is 0. The van der Waals surface area contributed by atoms with Crippen LogP contribution in [0.2, 0.25) is 0 Å². The maximum atomic E-state index is 13.6. The van der Waals surface area contributed by atoms with Gasteiger partial charge < -0.3 is 14.2 Å². The quantitative estimate of drug-likeness (QED) is 0.609. The van der Waals surface area contributed by atoms with Gasteiger partial charge in [-0.15, -0.1) is 0 Å². The van der Waals surface area contributed by atoms with Crippen LogP contribution in [0.3, 0.4) is 0 Å². The molecule has 7 nitrogen and oxygen atoms in total. The SMILES string of the molecule is CCOc1cc(C(=O)NNC(=O)[C@@H](C)Oc2ccccc2F)ccc1OCC(C)C. The highest BCUT2D eigenvalue weighted by molar-refractivity contribution is 5.96. The highest BCUT2D eigenvalue weighted by Crippen LogP contribution is 2.29. The van der Waals surface area contributed by atoms with Crippen molar-refractivity contribution in [2.24, 2.45) is 5.92 Å². The van der Waals surface area contributed by atoms with Crippen molar-refractivity contribution in [1.82, 2.24) is 10.9 Å². The Morgan fingerprint density at radius 2 is 1.70 bits per heavy atom. The minimum Gasteiger partial charge on any atom is -0.490 e. The zero-order chi connectivity index (χ0) is 22.1. The average Bonchev–Trinajstić information content (AvgIpc) is 2.72. The standard InChI is InChI=1S/C22H27FN2O5/c1-5-28-20-12-16(10-11-19(20)29-13-14(2)3)22(27)25-24-21(26)15(4)30-18-9-7-6-8-17(18)23/h6-12,14-15H,5,13H2,1-4H3,(H,24,26)(H,25,27)/t15-/m1/s1. The molecule has 0 aromatic heterocycles. The van der Waals surface area contributed by atoms with E-state index in [4.69, 9.17) is 14.2 Å². The Balaban J connectivity index is 1.96. The summed E-state index contributed by atoms with van der Waals surface area (Å²) in [6.45, 7) is 8.26. The number of nitrogens with one attached hydrogen (secondary N) is 2. The fraction of sp³-hybridized carbons (Fsp3) is 0.364. The molecule has 0 fully saturated rings. The van der Waals surface area contributed by atoms with Gasteiger partial charge >= 0.3 is 0 Å².